The van der Waals surface area contributed by atoms with Crippen LogP contribution < -0.4 is 9.64 Å². The standard InChI is InChI=1S/C47H61F2N5O3Si/c1-30(2)58(31(3)4,32(5)6)25-20-35-15-11-14-34-16-12-17-37(40(34)35)38-18-19-39-42(41(38)49)50-44(56-29-47-21-13-22-53(47)28-36(48)26-47)51-43(39)54-24-23-52(27-33(54)7)45(55)57-46(8,9)10/h11-12,14-19,30-33,36H,13,21-24,26-29H2,1-10H3/t33-,36+,47-/m0/s1. The zero-order valence-electron chi connectivity index (χ0n) is 36.1. The molecule has 3 fully saturated rings. The molecule has 7 rings (SSSR count). The molecule has 4 aromatic rings. The van der Waals surface area contributed by atoms with Crippen LogP contribution in [0.15, 0.2) is 48.5 Å². The Labute approximate surface area is 344 Å². The van der Waals surface area contributed by atoms with Gasteiger partial charge in [-0.05, 0) is 86.8 Å². The van der Waals surface area contributed by atoms with Crippen LogP contribution in [0, 0.1) is 17.3 Å². The van der Waals surface area contributed by atoms with Gasteiger partial charge in [0.15, 0.2) is 5.82 Å². The zero-order valence-corrected chi connectivity index (χ0v) is 37.1. The lowest BCUT2D eigenvalue weighted by Gasteiger charge is -2.41. The topological polar surface area (TPSA) is 71.0 Å². The summed E-state index contributed by atoms with van der Waals surface area (Å²) < 4.78 is 44.4. The van der Waals surface area contributed by atoms with Crippen molar-refractivity contribution in [3.8, 4) is 28.6 Å². The fourth-order valence-corrected chi connectivity index (χ4v) is 15.5. The van der Waals surface area contributed by atoms with Crippen molar-refractivity contribution in [2.45, 2.75) is 128 Å². The number of ether oxygens (including phenoxy) is 2. The highest BCUT2D eigenvalue weighted by atomic mass is 28.3. The van der Waals surface area contributed by atoms with Crippen molar-refractivity contribution < 1.29 is 23.0 Å². The van der Waals surface area contributed by atoms with Crippen LogP contribution in [-0.2, 0) is 4.74 Å². The maximum Gasteiger partial charge on any atom is 0.410 e. The number of fused-ring (bicyclic) bond motifs is 3. The molecule has 11 heteroatoms. The van der Waals surface area contributed by atoms with Gasteiger partial charge in [-0.2, -0.15) is 9.97 Å². The smallest absolute Gasteiger partial charge is 0.410 e. The monoisotopic (exact) mass is 809 g/mol. The van der Waals surface area contributed by atoms with Crippen molar-refractivity contribution in [3.63, 3.8) is 0 Å². The van der Waals surface area contributed by atoms with Crippen LogP contribution in [0.25, 0.3) is 32.8 Å². The molecule has 8 nitrogen and oxygen atoms in total. The maximum absolute atomic E-state index is 17.5. The van der Waals surface area contributed by atoms with Crippen molar-refractivity contribution >= 4 is 41.7 Å². The SMILES string of the molecule is CC(C)[Si](C#Cc1cccc2cccc(-c3ccc4c(N5CCN(C(=O)OC(C)(C)C)C[C@@H]5C)nc(OC[C@@]56CCCN5C[C@H](F)C6)nc4c3F)c12)(C(C)C)C(C)C. The first-order valence-electron chi connectivity index (χ1n) is 21.3. The first kappa shape index (κ1) is 41.9. The van der Waals surface area contributed by atoms with Gasteiger partial charge >= 0.3 is 12.1 Å². The van der Waals surface area contributed by atoms with Gasteiger partial charge in [-0.25, -0.2) is 13.6 Å². The molecule has 0 aliphatic carbocycles. The number of carbonyl (C=O) groups is 1. The molecule has 0 unspecified atom stereocenters. The number of amides is 1. The van der Waals surface area contributed by atoms with E-state index < -0.39 is 31.2 Å². The summed E-state index contributed by atoms with van der Waals surface area (Å²) in [5.41, 5.74) is 6.48. The summed E-state index contributed by atoms with van der Waals surface area (Å²) in [7, 11) is -2.05. The van der Waals surface area contributed by atoms with E-state index in [9.17, 15) is 9.18 Å². The van der Waals surface area contributed by atoms with Gasteiger partial charge in [-0.3, -0.25) is 4.90 Å². The Bertz CT molecular complexity index is 2220. The number of alkyl halides is 1. The molecule has 0 spiro atoms. The lowest BCUT2D eigenvalue weighted by atomic mass is 9.93. The Balaban J connectivity index is 1.33. The quantitative estimate of drug-likeness (QED) is 0.130. The van der Waals surface area contributed by atoms with Crippen molar-refractivity contribution in [3.05, 3.63) is 59.9 Å². The highest BCUT2D eigenvalue weighted by molar-refractivity contribution is 6.90. The number of benzene rings is 3. The predicted molar refractivity (Wildman–Crippen MR) is 234 cm³/mol. The van der Waals surface area contributed by atoms with Gasteiger partial charge in [0.25, 0.3) is 0 Å². The van der Waals surface area contributed by atoms with Gasteiger partial charge in [-0.1, -0.05) is 83.9 Å². The Morgan fingerprint density at radius 1 is 0.948 bits per heavy atom. The van der Waals surface area contributed by atoms with Crippen LogP contribution in [0.3, 0.4) is 0 Å². The van der Waals surface area contributed by atoms with Crippen LogP contribution in [-0.4, -0.2) is 96.6 Å². The number of anilines is 1. The predicted octanol–water partition coefficient (Wildman–Crippen LogP) is 10.6. The molecular weight excluding hydrogens is 749 g/mol. The second-order valence-electron chi connectivity index (χ2n) is 18.8. The number of carbonyl (C=O) groups excluding carboxylic acids is 1. The van der Waals surface area contributed by atoms with Crippen molar-refractivity contribution in [2.24, 2.45) is 0 Å². The zero-order chi connectivity index (χ0) is 41.7. The summed E-state index contributed by atoms with van der Waals surface area (Å²) >= 11 is 0. The molecule has 3 aliphatic heterocycles. The lowest BCUT2D eigenvalue weighted by molar-refractivity contribution is 0.0218. The largest absolute Gasteiger partial charge is 0.461 e. The average molecular weight is 810 g/mol. The van der Waals surface area contributed by atoms with Crippen LogP contribution in [0.5, 0.6) is 6.01 Å². The van der Waals surface area contributed by atoms with E-state index in [1.807, 2.05) is 58.0 Å². The van der Waals surface area contributed by atoms with E-state index in [2.05, 4.69) is 81.0 Å². The molecule has 4 heterocycles. The Kier molecular flexibility index (Phi) is 11.6. The fourth-order valence-electron chi connectivity index (χ4n) is 10.3. The number of rotatable bonds is 8. The molecule has 0 radical (unpaired) electrons. The van der Waals surface area contributed by atoms with Crippen LogP contribution >= 0.6 is 0 Å². The third-order valence-corrected chi connectivity index (χ3v) is 19.3. The van der Waals surface area contributed by atoms with Gasteiger partial charge < -0.3 is 19.3 Å². The first-order chi connectivity index (χ1) is 27.4. The second-order valence-corrected chi connectivity index (χ2v) is 24.4. The minimum atomic E-state index is -2.05. The van der Waals surface area contributed by atoms with Gasteiger partial charge in [-0.15, -0.1) is 5.54 Å². The van der Waals surface area contributed by atoms with Crippen molar-refractivity contribution in [1.29, 1.82) is 0 Å². The van der Waals surface area contributed by atoms with Crippen molar-refractivity contribution in [1.82, 2.24) is 19.8 Å². The Morgan fingerprint density at radius 2 is 1.66 bits per heavy atom. The Morgan fingerprint density at radius 3 is 2.33 bits per heavy atom. The van der Waals surface area contributed by atoms with Gasteiger partial charge in [0.2, 0.25) is 0 Å². The summed E-state index contributed by atoms with van der Waals surface area (Å²) in [6, 6.07) is 15.8. The average Bonchev–Trinajstić information content (AvgIpc) is 3.68. The minimum Gasteiger partial charge on any atom is -0.461 e. The van der Waals surface area contributed by atoms with Gasteiger partial charge in [0.05, 0.1) is 5.54 Å². The molecule has 58 heavy (non-hydrogen) atoms. The number of aromatic nitrogens is 2. The van der Waals surface area contributed by atoms with Gasteiger partial charge in [0, 0.05) is 60.5 Å². The fraction of sp³-hybridized carbons (Fsp3) is 0.553. The summed E-state index contributed by atoms with van der Waals surface area (Å²) in [5, 5.41) is 2.45. The van der Waals surface area contributed by atoms with E-state index in [1.165, 1.54) is 0 Å². The third kappa shape index (κ3) is 7.79. The maximum atomic E-state index is 17.5. The van der Waals surface area contributed by atoms with Crippen molar-refractivity contribution in [2.75, 3.05) is 44.2 Å². The summed E-state index contributed by atoms with van der Waals surface area (Å²) in [6.07, 6.45) is 0.937. The third-order valence-electron chi connectivity index (χ3n) is 13.0. The second kappa shape index (κ2) is 16.1. The first-order valence-corrected chi connectivity index (χ1v) is 23.5. The molecule has 3 atom stereocenters. The van der Waals surface area contributed by atoms with Crippen LogP contribution in [0.2, 0.25) is 16.6 Å². The normalized spacial score (nSPS) is 21.6. The van der Waals surface area contributed by atoms with E-state index >= 15 is 4.39 Å². The number of hydrogen-bond acceptors (Lipinski definition) is 7. The van der Waals surface area contributed by atoms with E-state index in [0.29, 0.717) is 66.0 Å². The van der Waals surface area contributed by atoms with Gasteiger partial charge in [0.1, 0.15) is 37.8 Å². The Hall–Kier alpha value is -4.27. The number of nitrogens with zero attached hydrogens (tertiary/aromatic N) is 5. The molecular formula is C47H61F2N5O3Si. The highest BCUT2D eigenvalue weighted by Crippen LogP contribution is 2.43. The molecule has 1 amide bonds. The number of hydrogen-bond donors (Lipinski definition) is 0. The minimum absolute atomic E-state index is 0.0608. The molecule has 3 saturated heterocycles. The van der Waals surface area contributed by atoms with Crippen LogP contribution in [0.4, 0.5) is 19.4 Å². The van der Waals surface area contributed by atoms with E-state index in [-0.39, 0.29) is 30.3 Å². The van der Waals surface area contributed by atoms with Crippen LogP contribution in [0.1, 0.15) is 94.1 Å². The summed E-state index contributed by atoms with van der Waals surface area (Å²) in [4.78, 5) is 28.8. The number of halogens is 2. The highest BCUT2D eigenvalue weighted by Gasteiger charge is 2.49. The lowest BCUT2D eigenvalue weighted by Crippen LogP contribution is -2.55. The van der Waals surface area contributed by atoms with E-state index in [0.717, 1.165) is 41.3 Å². The van der Waals surface area contributed by atoms with E-state index in [4.69, 9.17) is 19.4 Å². The molecule has 0 bridgehead atoms. The molecule has 310 valence electrons. The molecule has 3 aliphatic rings. The molecule has 1 aromatic heterocycles. The molecule has 0 saturated carbocycles. The van der Waals surface area contributed by atoms with E-state index in [1.54, 1.807) is 4.90 Å². The summed E-state index contributed by atoms with van der Waals surface area (Å²) in [6.45, 7) is 24.2. The molecule has 0 N–H and O–H groups in total. The molecule has 3 aromatic carbocycles. The number of piperazine rings is 1. The summed E-state index contributed by atoms with van der Waals surface area (Å²) in [5.74, 6) is 3.73.